The highest BCUT2D eigenvalue weighted by molar-refractivity contribution is 8.00. The van der Waals surface area contributed by atoms with Crippen molar-refractivity contribution in [2.45, 2.75) is 31.2 Å². The van der Waals surface area contributed by atoms with E-state index in [0.717, 1.165) is 11.1 Å². The minimum absolute atomic E-state index is 0. The topological polar surface area (TPSA) is 110 Å². The van der Waals surface area contributed by atoms with Gasteiger partial charge in [0.05, 0.1) is 6.04 Å². The molecule has 0 aliphatic rings. The third kappa shape index (κ3) is 4.92. The van der Waals surface area contributed by atoms with E-state index in [1.807, 2.05) is 44.4 Å². The van der Waals surface area contributed by atoms with Gasteiger partial charge in [0.1, 0.15) is 0 Å². The van der Waals surface area contributed by atoms with E-state index in [4.69, 9.17) is 5.73 Å². The van der Waals surface area contributed by atoms with E-state index in [1.165, 1.54) is 0 Å². The maximum Gasteiger partial charge on any atom is 0.238 e. The number of hydrogen-bond acceptors (Lipinski definition) is 6. The predicted molar refractivity (Wildman–Crippen MR) is 94.3 cm³/mol. The molecule has 0 fully saturated rings. The maximum absolute atomic E-state index is 12.1. The van der Waals surface area contributed by atoms with Gasteiger partial charge in [0.25, 0.3) is 0 Å². The van der Waals surface area contributed by atoms with Crippen molar-refractivity contribution in [2.75, 3.05) is 6.26 Å². The fraction of sp³-hybridized carbons (Fsp3) is 0.429. The van der Waals surface area contributed by atoms with E-state index in [1.54, 1.807) is 11.8 Å². The summed E-state index contributed by atoms with van der Waals surface area (Å²) in [5.74, 6) is 0.359. The number of hydrogen-bond donors (Lipinski definition) is 3. The zero-order chi connectivity index (χ0) is 16.2. The maximum atomic E-state index is 12.1. The Balaban J connectivity index is 0.00000264. The average molecular weight is 357 g/mol. The first kappa shape index (κ1) is 19.4. The highest BCUT2D eigenvalue weighted by Crippen LogP contribution is 2.24. The van der Waals surface area contributed by atoms with Gasteiger partial charge >= 0.3 is 0 Å². The van der Waals surface area contributed by atoms with E-state index in [-0.39, 0.29) is 23.1 Å². The number of thioether (sulfide) groups is 1. The molecule has 0 unspecified atom stereocenters. The van der Waals surface area contributed by atoms with E-state index >= 15 is 0 Å². The molecule has 0 bridgehead atoms. The molecule has 1 amide bonds. The number of nitrogens with two attached hydrogens (primary N) is 1. The van der Waals surface area contributed by atoms with Crippen LogP contribution in [0.4, 0.5) is 0 Å². The highest BCUT2D eigenvalue weighted by atomic mass is 35.5. The first-order valence-corrected chi connectivity index (χ1v) is 8.07. The molecule has 0 aliphatic carbocycles. The van der Waals surface area contributed by atoms with E-state index in [9.17, 15) is 4.79 Å². The molecule has 9 heteroatoms. The van der Waals surface area contributed by atoms with Gasteiger partial charge in [0, 0.05) is 16.9 Å². The van der Waals surface area contributed by atoms with E-state index in [0.29, 0.717) is 12.4 Å². The Bertz CT molecular complexity index is 634. The van der Waals surface area contributed by atoms with Crippen molar-refractivity contribution in [1.82, 2.24) is 25.9 Å². The molecule has 2 aromatic rings. The van der Waals surface area contributed by atoms with Gasteiger partial charge in [-0.15, -0.1) is 22.6 Å². The molecule has 1 aromatic carbocycles. The first-order valence-electron chi connectivity index (χ1n) is 6.85. The first-order chi connectivity index (χ1) is 10.4. The largest absolute Gasteiger partial charge is 0.351 e. The SMILES string of the molecule is CSC(C)(C)[C@H](N)C(=O)NCc1cccc(-c2nn[nH]n2)c1.Cl. The van der Waals surface area contributed by atoms with Gasteiger partial charge in [-0.25, -0.2) is 0 Å². The fourth-order valence-electron chi connectivity index (χ4n) is 1.85. The molecular formula is C14H21ClN6OS. The van der Waals surface area contributed by atoms with Crippen LogP contribution in [0.15, 0.2) is 24.3 Å². The number of H-pyrrole nitrogens is 1. The standard InChI is InChI=1S/C14H20N6OS.ClH/c1-14(2,22-3)11(15)13(21)16-8-9-5-4-6-10(7-9)12-17-19-20-18-12;/h4-7,11H,8,15H2,1-3H3,(H,16,21)(H,17,18,19,20);1H/t11-;/m1./s1. The number of benzene rings is 1. The molecule has 0 saturated heterocycles. The third-order valence-electron chi connectivity index (χ3n) is 3.55. The Morgan fingerprint density at radius 1 is 1.48 bits per heavy atom. The lowest BCUT2D eigenvalue weighted by molar-refractivity contribution is -0.123. The number of halogens is 1. The number of aromatic nitrogens is 4. The van der Waals surface area contributed by atoms with Crippen molar-refractivity contribution < 1.29 is 4.79 Å². The van der Waals surface area contributed by atoms with Gasteiger partial charge in [-0.1, -0.05) is 18.2 Å². The smallest absolute Gasteiger partial charge is 0.238 e. The second-order valence-electron chi connectivity index (χ2n) is 5.44. The second kappa shape index (κ2) is 8.28. The quantitative estimate of drug-likeness (QED) is 0.721. The third-order valence-corrected chi connectivity index (χ3v) is 4.86. The molecule has 1 atom stereocenters. The van der Waals surface area contributed by atoms with Crippen LogP contribution >= 0.6 is 24.2 Å². The monoisotopic (exact) mass is 356 g/mol. The highest BCUT2D eigenvalue weighted by Gasteiger charge is 2.30. The van der Waals surface area contributed by atoms with Gasteiger partial charge in [0.2, 0.25) is 11.7 Å². The van der Waals surface area contributed by atoms with Crippen molar-refractivity contribution in [3.63, 3.8) is 0 Å². The molecule has 2 rings (SSSR count). The Morgan fingerprint density at radius 3 is 2.83 bits per heavy atom. The Kier molecular flexibility index (Phi) is 6.99. The minimum atomic E-state index is -0.567. The summed E-state index contributed by atoms with van der Waals surface area (Å²) in [6.45, 7) is 4.32. The molecule has 1 aromatic heterocycles. The Hall–Kier alpha value is -1.64. The molecular weight excluding hydrogens is 336 g/mol. The summed E-state index contributed by atoms with van der Waals surface area (Å²) >= 11 is 1.57. The van der Waals surface area contributed by atoms with Crippen molar-refractivity contribution >= 4 is 30.1 Å². The number of nitrogens with zero attached hydrogens (tertiary/aromatic N) is 3. The zero-order valence-corrected chi connectivity index (χ0v) is 14.9. The van der Waals surface area contributed by atoms with Crippen molar-refractivity contribution in [1.29, 1.82) is 0 Å². The van der Waals surface area contributed by atoms with Crippen LogP contribution in [0.1, 0.15) is 19.4 Å². The van der Waals surface area contributed by atoms with Gasteiger partial charge in [-0.2, -0.15) is 17.0 Å². The van der Waals surface area contributed by atoms with Crippen LogP contribution in [-0.2, 0) is 11.3 Å². The summed E-state index contributed by atoms with van der Waals surface area (Å²) in [6.07, 6.45) is 1.95. The number of nitrogens with one attached hydrogen (secondary N) is 2. The van der Waals surface area contributed by atoms with Gasteiger partial charge in [-0.3, -0.25) is 4.79 Å². The normalized spacial score (nSPS) is 12.3. The molecule has 126 valence electrons. The second-order valence-corrected chi connectivity index (χ2v) is 6.90. The number of tetrazole rings is 1. The molecule has 0 aliphatic heterocycles. The Labute approximate surface area is 145 Å². The molecule has 0 saturated carbocycles. The molecule has 7 nitrogen and oxygen atoms in total. The van der Waals surface area contributed by atoms with Crippen LogP contribution in [-0.4, -0.2) is 43.6 Å². The van der Waals surface area contributed by atoms with Crippen LogP contribution in [0, 0.1) is 0 Å². The van der Waals surface area contributed by atoms with Crippen molar-refractivity contribution in [2.24, 2.45) is 5.73 Å². The number of aromatic amines is 1. The van der Waals surface area contributed by atoms with Crippen LogP contribution < -0.4 is 11.1 Å². The molecule has 4 N–H and O–H groups in total. The average Bonchev–Trinajstić information content (AvgIpc) is 3.06. The van der Waals surface area contributed by atoms with Gasteiger partial charge < -0.3 is 11.1 Å². The summed E-state index contributed by atoms with van der Waals surface area (Å²) in [4.78, 5) is 12.1. The number of carbonyl (C=O) groups excluding carboxylic acids is 1. The van der Waals surface area contributed by atoms with Crippen LogP contribution in [0.25, 0.3) is 11.4 Å². The lowest BCUT2D eigenvalue weighted by Crippen LogP contribution is -2.51. The van der Waals surface area contributed by atoms with Crippen LogP contribution in [0.5, 0.6) is 0 Å². The Morgan fingerprint density at radius 2 is 2.22 bits per heavy atom. The number of rotatable bonds is 6. The number of carbonyl (C=O) groups is 1. The summed E-state index contributed by atoms with van der Waals surface area (Å²) in [7, 11) is 0. The van der Waals surface area contributed by atoms with Crippen molar-refractivity contribution in [3.05, 3.63) is 29.8 Å². The van der Waals surface area contributed by atoms with E-state index in [2.05, 4.69) is 25.9 Å². The van der Waals surface area contributed by atoms with Crippen LogP contribution in [0.2, 0.25) is 0 Å². The van der Waals surface area contributed by atoms with Gasteiger partial charge in [0.15, 0.2) is 0 Å². The van der Waals surface area contributed by atoms with E-state index < -0.39 is 6.04 Å². The molecule has 0 radical (unpaired) electrons. The fourth-order valence-corrected chi connectivity index (χ4v) is 2.21. The molecule has 1 heterocycles. The summed E-state index contributed by atoms with van der Waals surface area (Å²) < 4.78 is -0.309. The van der Waals surface area contributed by atoms with Crippen LogP contribution in [0.3, 0.4) is 0 Å². The predicted octanol–water partition coefficient (Wildman–Crippen LogP) is 1.37. The lowest BCUT2D eigenvalue weighted by Gasteiger charge is -2.28. The zero-order valence-electron chi connectivity index (χ0n) is 13.2. The lowest BCUT2D eigenvalue weighted by atomic mass is 10.0. The van der Waals surface area contributed by atoms with Crippen molar-refractivity contribution in [3.8, 4) is 11.4 Å². The summed E-state index contributed by atoms with van der Waals surface area (Å²) in [6, 6.07) is 7.05. The minimum Gasteiger partial charge on any atom is -0.351 e. The number of amides is 1. The summed E-state index contributed by atoms with van der Waals surface area (Å²) in [5.41, 5.74) is 7.80. The van der Waals surface area contributed by atoms with Gasteiger partial charge in [-0.05, 0) is 36.9 Å². The molecule has 0 spiro atoms. The summed E-state index contributed by atoms with van der Waals surface area (Å²) in [5, 5.41) is 16.7. The molecule has 23 heavy (non-hydrogen) atoms.